The van der Waals surface area contributed by atoms with Gasteiger partial charge >= 0.3 is 0 Å². The highest BCUT2D eigenvalue weighted by Gasteiger charge is 2.16. The van der Waals surface area contributed by atoms with Gasteiger partial charge in [-0.15, -0.1) is 0 Å². The predicted octanol–water partition coefficient (Wildman–Crippen LogP) is 3.66. The second kappa shape index (κ2) is 14.1. The molecule has 4 rings (SSSR count). The Morgan fingerprint density at radius 3 is 1.95 bits per heavy atom. The molecule has 0 saturated heterocycles. The van der Waals surface area contributed by atoms with Gasteiger partial charge in [0, 0.05) is 23.5 Å². The number of pyridine rings is 2. The Hall–Kier alpha value is -5.16. The van der Waals surface area contributed by atoms with Crippen LogP contribution >= 0.6 is 0 Å². The van der Waals surface area contributed by atoms with Crippen molar-refractivity contribution in [1.29, 1.82) is 10.5 Å². The third kappa shape index (κ3) is 7.45. The molecule has 204 valence electrons. The fraction of sp³-hybridized carbons (Fsp3) is 0.200. The van der Waals surface area contributed by atoms with Crippen molar-refractivity contribution >= 4 is 0 Å². The Bertz CT molecular complexity index is 1620. The minimum Gasteiger partial charge on any atom is -0.503 e. The van der Waals surface area contributed by atoms with Gasteiger partial charge in [-0.3, -0.25) is 9.78 Å². The van der Waals surface area contributed by atoms with E-state index in [1.165, 1.54) is 6.20 Å². The molecule has 4 aromatic rings. The predicted molar refractivity (Wildman–Crippen MR) is 145 cm³/mol. The lowest BCUT2D eigenvalue weighted by atomic mass is 10.1. The molecule has 0 saturated carbocycles. The van der Waals surface area contributed by atoms with Crippen molar-refractivity contribution in [3.8, 4) is 29.4 Å². The van der Waals surface area contributed by atoms with Gasteiger partial charge in [0.2, 0.25) is 5.43 Å². The Balaban J connectivity index is 0.000000336. The Labute approximate surface area is 231 Å². The smallest absolute Gasteiger partial charge is 0.228 e. The number of aromatic nitrogens is 2. The van der Waals surface area contributed by atoms with E-state index < -0.39 is 5.43 Å². The number of H-pyrrole nitrogens is 1. The van der Waals surface area contributed by atoms with Crippen LogP contribution in [-0.2, 0) is 26.4 Å². The summed E-state index contributed by atoms with van der Waals surface area (Å²) < 4.78 is 11.9. The van der Waals surface area contributed by atoms with Gasteiger partial charge in [-0.2, -0.15) is 10.5 Å². The van der Waals surface area contributed by atoms with Crippen LogP contribution in [0.5, 0.6) is 17.2 Å². The van der Waals surface area contributed by atoms with Crippen LogP contribution in [0.25, 0.3) is 0 Å². The largest absolute Gasteiger partial charge is 0.503 e. The highest BCUT2D eigenvalue weighted by Crippen LogP contribution is 2.35. The van der Waals surface area contributed by atoms with Crippen molar-refractivity contribution in [2.45, 2.75) is 40.3 Å². The van der Waals surface area contributed by atoms with E-state index in [2.05, 4.69) is 22.1 Å². The summed E-state index contributed by atoms with van der Waals surface area (Å²) in [7, 11) is 0. The van der Waals surface area contributed by atoms with Crippen molar-refractivity contribution in [3.63, 3.8) is 0 Å². The molecule has 4 N–H and O–H groups in total. The second-order valence-electron chi connectivity index (χ2n) is 8.66. The van der Waals surface area contributed by atoms with Crippen molar-refractivity contribution in [2.24, 2.45) is 0 Å². The number of aromatic amines is 1. The van der Waals surface area contributed by atoms with Crippen LogP contribution in [0, 0.1) is 36.5 Å². The van der Waals surface area contributed by atoms with Crippen molar-refractivity contribution in [3.05, 3.63) is 116 Å². The first kappa shape index (κ1) is 29.4. The molecule has 0 bridgehead atoms. The summed E-state index contributed by atoms with van der Waals surface area (Å²) in [6.45, 7) is 3.22. The van der Waals surface area contributed by atoms with Crippen LogP contribution in [-0.4, -0.2) is 25.3 Å². The van der Waals surface area contributed by atoms with Crippen LogP contribution in [0.4, 0.5) is 0 Å². The van der Waals surface area contributed by atoms with Crippen LogP contribution in [0.1, 0.15) is 44.8 Å². The Morgan fingerprint density at radius 1 is 0.875 bits per heavy atom. The van der Waals surface area contributed by atoms with Gasteiger partial charge in [-0.05, 0) is 49.2 Å². The number of nitrogens with zero attached hydrogens (tertiary/aromatic N) is 3. The molecule has 0 unspecified atom stereocenters. The molecule has 0 amide bonds. The van der Waals surface area contributed by atoms with Crippen LogP contribution in [0.3, 0.4) is 0 Å². The Morgan fingerprint density at radius 2 is 1.43 bits per heavy atom. The number of aryl methyl sites for hydroxylation is 2. The molecule has 0 aliphatic rings. The number of rotatable bonds is 8. The van der Waals surface area contributed by atoms with E-state index in [-0.39, 0.29) is 37.7 Å². The van der Waals surface area contributed by atoms with E-state index in [0.29, 0.717) is 39.6 Å². The van der Waals surface area contributed by atoms with E-state index in [1.54, 1.807) is 56.4 Å². The minimum atomic E-state index is -0.510. The summed E-state index contributed by atoms with van der Waals surface area (Å²) in [5, 5.41) is 45.5. The number of ether oxygens (including phenoxy) is 2. The van der Waals surface area contributed by atoms with Crippen molar-refractivity contribution in [2.75, 3.05) is 0 Å². The molecule has 10 heteroatoms. The quantitative estimate of drug-likeness (QED) is 0.260. The molecule has 2 heterocycles. The zero-order valence-electron chi connectivity index (χ0n) is 22.0. The number of nitrogens with one attached hydrogen (secondary N) is 1. The Kier molecular flexibility index (Phi) is 10.4. The average Bonchev–Trinajstić information content (AvgIpc) is 2.99. The van der Waals surface area contributed by atoms with Gasteiger partial charge < -0.3 is 29.8 Å². The number of aliphatic hydroxyl groups is 2. The minimum absolute atomic E-state index is 0.174. The van der Waals surface area contributed by atoms with E-state index >= 15 is 0 Å². The highest BCUT2D eigenvalue weighted by atomic mass is 16.5. The SMILES string of the molecule is Cc1[nH]cc(CO)c(=O)c1O.Cc1ncc(CO)c(OCc2cccc(C#N)c2)c1OCc1cccc(C#N)c1. The van der Waals surface area contributed by atoms with Gasteiger partial charge in [0.25, 0.3) is 0 Å². The van der Waals surface area contributed by atoms with Gasteiger partial charge in [0.15, 0.2) is 17.2 Å². The normalized spacial score (nSPS) is 10.1. The lowest BCUT2D eigenvalue weighted by molar-refractivity contribution is 0.234. The van der Waals surface area contributed by atoms with E-state index in [4.69, 9.17) is 30.2 Å². The maximum absolute atomic E-state index is 11.0. The topological polar surface area (TPSA) is 172 Å². The first-order chi connectivity index (χ1) is 19.3. The highest BCUT2D eigenvalue weighted by molar-refractivity contribution is 5.48. The summed E-state index contributed by atoms with van der Waals surface area (Å²) >= 11 is 0. The average molecular weight is 541 g/mol. The van der Waals surface area contributed by atoms with Crippen LogP contribution in [0.2, 0.25) is 0 Å². The number of aliphatic hydroxyl groups excluding tert-OH is 2. The second-order valence-corrected chi connectivity index (χ2v) is 8.66. The van der Waals surface area contributed by atoms with Crippen LogP contribution < -0.4 is 14.9 Å². The van der Waals surface area contributed by atoms with E-state index in [0.717, 1.165) is 11.1 Å². The first-order valence-electron chi connectivity index (χ1n) is 12.1. The zero-order chi connectivity index (χ0) is 29.1. The lowest BCUT2D eigenvalue weighted by Crippen LogP contribution is -2.10. The molecular weight excluding hydrogens is 512 g/mol. The summed E-state index contributed by atoms with van der Waals surface area (Å²) in [6, 6.07) is 18.5. The maximum atomic E-state index is 11.0. The molecule has 10 nitrogen and oxygen atoms in total. The third-order valence-corrected chi connectivity index (χ3v) is 5.78. The molecule has 0 atom stereocenters. The number of nitriles is 2. The monoisotopic (exact) mass is 540 g/mol. The molecule has 0 aliphatic carbocycles. The molecule has 2 aromatic carbocycles. The number of aromatic hydroxyl groups is 1. The van der Waals surface area contributed by atoms with Crippen molar-refractivity contribution in [1.82, 2.24) is 9.97 Å². The van der Waals surface area contributed by atoms with Gasteiger partial charge in [-0.25, -0.2) is 0 Å². The van der Waals surface area contributed by atoms with Gasteiger partial charge in [0.05, 0.1) is 47.9 Å². The summed E-state index contributed by atoms with van der Waals surface area (Å²) in [4.78, 5) is 17.9. The fourth-order valence-electron chi connectivity index (χ4n) is 3.58. The third-order valence-electron chi connectivity index (χ3n) is 5.78. The lowest BCUT2D eigenvalue weighted by Gasteiger charge is -2.17. The number of benzene rings is 2. The van der Waals surface area contributed by atoms with E-state index in [1.807, 2.05) is 12.1 Å². The first-order valence-corrected chi connectivity index (χ1v) is 12.1. The standard InChI is InChI=1S/C23H19N3O3.C7H9NO3/c1-16-22(28-14-19-6-2-4-17(8-19)10-24)23(21(13-27)12-26-16)29-15-20-7-3-5-18(9-20)11-25;1-4-6(10)7(11)5(3-9)2-8-4/h2-9,12,27H,13-15H2,1H3;2,9-10H,3H2,1H3,(H,8,11). The molecule has 0 radical (unpaired) electrons. The zero-order valence-corrected chi connectivity index (χ0v) is 22.0. The fourth-order valence-corrected chi connectivity index (χ4v) is 3.58. The summed E-state index contributed by atoms with van der Waals surface area (Å²) in [5.41, 5.74) is 3.98. The molecular formula is C30H28N4O6. The summed E-state index contributed by atoms with van der Waals surface area (Å²) in [6.07, 6.45) is 2.94. The maximum Gasteiger partial charge on any atom is 0.228 e. The van der Waals surface area contributed by atoms with Crippen LogP contribution in [0.15, 0.2) is 65.7 Å². The molecule has 0 fully saturated rings. The van der Waals surface area contributed by atoms with Gasteiger partial charge in [0.1, 0.15) is 13.2 Å². The number of hydrogen-bond acceptors (Lipinski definition) is 9. The van der Waals surface area contributed by atoms with Crippen molar-refractivity contribution < 1.29 is 24.8 Å². The summed E-state index contributed by atoms with van der Waals surface area (Å²) in [5.74, 6) is 0.533. The number of hydrogen-bond donors (Lipinski definition) is 4. The molecule has 40 heavy (non-hydrogen) atoms. The van der Waals surface area contributed by atoms with E-state index in [9.17, 15) is 9.90 Å². The molecule has 2 aromatic heterocycles. The molecule has 0 spiro atoms. The molecule has 0 aliphatic heterocycles. The van der Waals surface area contributed by atoms with Gasteiger partial charge in [-0.1, -0.05) is 24.3 Å².